The number of ether oxygens (including phenoxy) is 2. The molecule has 0 atom stereocenters. The topological polar surface area (TPSA) is 71.3 Å². The number of carbonyl (C=O) groups excluding carboxylic acids is 1. The van der Waals surface area contributed by atoms with Crippen LogP contribution in [0.2, 0.25) is 10.0 Å². The quantitative estimate of drug-likeness (QED) is 0.181. The summed E-state index contributed by atoms with van der Waals surface area (Å²) < 4.78 is 12.4. The van der Waals surface area contributed by atoms with Crippen LogP contribution in [-0.4, -0.2) is 13.0 Å². The van der Waals surface area contributed by atoms with Crippen LogP contribution in [0.1, 0.15) is 16.7 Å². The number of benzene rings is 3. The molecule has 0 aliphatic carbocycles. The van der Waals surface area contributed by atoms with Gasteiger partial charge in [0.2, 0.25) is 0 Å². The van der Waals surface area contributed by atoms with Gasteiger partial charge in [0, 0.05) is 14.3 Å². The Labute approximate surface area is 216 Å². The Hall–Kier alpha value is -2.73. The molecule has 5 nitrogen and oxygen atoms in total. The molecule has 0 fully saturated rings. The first-order valence-corrected chi connectivity index (χ1v) is 11.6. The average molecular weight is 593 g/mol. The number of amides is 1. The van der Waals surface area contributed by atoms with Gasteiger partial charge in [0.15, 0.2) is 11.5 Å². The average Bonchev–Trinajstić information content (AvgIpc) is 2.79. The molecule has 0 aliphatic rings. The van der Waals surface area contributed by atoms with E-state index < -0.39 is 5.91 Å². The summed E-state index contributed by atoms with van der Waals surface area (Å²) in [5, 5.41) is 13.0. The Morgan fingerprint density at radius 3 is 2.48 bits per heavy atom. The highest BCUT2D eigenvalue weighted by Gasteiger charge is 2.15. The summed E-state index contributed by atoms with van der Waals surface area (Å²) in [6.07, 6.45) is 1.43. The van der Waals surface area contributed by atoms with Crippen LogP contribution in [0.3, 0.4) is 0 Å². The molecule has 3 aromatic carbocycles. The molecule has 0 spiro atoms. The van der Waals surface area contributed by atoms with Crippen molar-refractivity contribution in [2.75, 3.05) is 12.4 Å². The van der Waals surface area contributed by atoms with Gasteiger partial charge in [0.1, 0.15) is 18.2 Å². The number of rotatable bonds is 7. The van der Waals surface area contributed by atoms with Crippen molar-refractivity contribution in [1.29, 1.82) is 5.26 Å². The molecule has 1 amide bonds. The van der Waals surface area contributed by atoms with Crippen LogP contribution >= 0.6 is 45.8 Å². The molecule has 0 saturated heterocycles. The van der Waals surface area contributed by atoms with Crippen molar-refractivity contribution < 1.29 is 14.3 Å². The molecule has 1 N–H and O–H groups in total. The van der Waals surface area contributed by atoms with Crippen LogP contribution in [0.4, 0.5) is 5.69 Å². The number of hydrogen-bond donors (Lipinski definition) is 1. The summed E-state index contributed by atoms with van der Waals surface area (Å²) in [6.45, 7) is 2.17. The number of nitrogens with zero attached hydrogens (tertiary/aromatic N) is 1. The second-order valence-corrected chi connectivity index (χ2v) is 9.10. The minimum Gasteiger partial charge on any atom is -0.493 e. The van der Waals surface area contributed by atoms with Gasteiger partial charge in [-0.15, -0.1) is 0 Å². The molecule has 3 rings (SSSR count). The molecular formula is C25H19Cl2IN2O3. The van der Waals surface area contributed by atoms with E-state index in [1.54, 1.807) is 30.3 Å². The molecule has 0 aliphatic heterocycles. The van der Waals surface area contributed by atoms with Gasteiger partial charge in [-0.25, -0.2) is 0 Å². The fourth-order valence-corrected chi connectivity index (χ4v) is 3.70. The molecule has 0 bridgehead atoms. The largest absolute Gasteiger partial charge is 0.493 e. The second-order valence-electron chi connectivity index (χ2n) is 7.04. The number of carbonyl (C=O) groups is 1. The summed E-state index contributed by atoms with van der Waals surface area (Å²) >= 11 is 14.8. The highest BCUT2D eigenvalue weighted by molar-refractivity contribution is 14.1. The first-order chi connectivity index (χ1) is 15.8. The van der Waals surface area contributed by atoms with Gasteiger partial charge in [0.05, 0.1) is 12.1 Å². The number of methoxy groups -OCH3 is 1. The highest BCUT2D eigenvalue weighted by atomic mass is 127. The van der Waals surface area contributed by atoms with Crippen molar-refractivity contribution in [3.05, 3.63) is 90.5 Å². The zero-order chi connectivity index (χ0) is 24.0. The molecule has 33 heavy (non-hydrogen) atoms. The Bertz CT molecular complexity index is 1250. The molecular weight excluding hydrogens is 574 g/mol. The lowest BCUT2D eigenvalue weighted by Gasteiger charge is -2.14. The second kappa shape index (κ2) is 11.4. The predicted molar refractivity (Wildman–Crippen MR) is 140 cm³/mol. The standard InChI is InChI=1S/C25H19Cl2IN2O3/c1-15-3-8-20(12-21(15)26)30-25(31)18(13-29)9-17-10-22(27)24(23(11-17)32-2)33-14-16-4-6-19(28)7-5-16/h3-12H,14H2,1-2H3,(H,30,31)/b18-9-. The summed E-state index contributed by atoms with van der Waals surface area (Å²) in [5.74, 6) is 0.209. The third-order valence-corrected chi connectivity index (χ3v) is 6.06. The Morgan fingerprint density at radius 2 is 1.85 bits per heavy atom. The van der Waals surface area contributed by atoms with E-state index in [2.05, 4.69) is 27.9 Å². The van der Waals surface area contributed by atoms with Crippen LogP contribution in [0.15, 0.2) is 60.2 Å². The molecule has 168 valence electrons. The van der Waals surface area contributed by atoms with E-state index in [9.17, 15) is 10.1 Å². The van der Waals surface area contributed by atoms with E-state index >= 15 is 0 Å². The third-order valence-electron chi connectivity index (χ3n) is 4.65. The van der Waals surface area contributed by atoms with Gasteiger partial charge in [-0.3, -0.25) is 4.79 Å². The number of hydrogen-bond acceptors (Lipinski definition) is 4. The predicted octanol–water partition coefficient (Wildman–Crippen LogP) is 7.04. The molecule has 0 unspecified atom stereocenters. The van der Waals surface area contributed by atoms with Gasteiger partial charge in [0.25, 0.3) is 5.91 Å². The van der Waals surface area contributed by atoms with E-state index in [0.717, 1.165) is 14.7 Å². The van der Waals surface area contributed by atoms with Crippen molar-refractivity contribution in [2.24, 2.45) is 0 Å². The van der Waals surface area contributed by atoms with Crippen LogP contribution in [0.5, 0.6) is 11.5 Å². The van der Waals surface area contributed by atoms with Gasteiger partial charge in [-0.1, -0.05) is 41.4 Å². The number of halogens is 3. The van der Waals surface area contributed by atoms with E-state index in [1.165, 1.54) is 13.2 Å². The van der Waals surface area contributed by atoms with E-state index in [0.29, 0.717) is 39.4 Å². The zero-order valence-corrected chi connectivity index (χ0v) is 21.5. The molecule has 0 radical (unpaired) electrons. The van der Waals surface area contributed by atoms with E-state index in [-0.39, 0.29) is 5.57 Å². The maximum absolute atomic E-state index is 12.6. The fourth-order valence-electron chi connectivity index (χ4n) is 2.88. The van der Waals surface area contributed by atoms with Crippen molar-refractivity contribution in [3.63, 3.8) is 0 Å². The minimum absolute atomic E-state index is 0.0997. The SMILES string of the molecule is COc1cc(/C=C(/C#N)C(=O)Nc2ccc(C)c(Cl)c2)cc(Cl)c1OCc1ccc(I)cc1. The summed E-state index contributed by atoms with van der Waals surface area (Å²) in [6, 6.07) is 18.2. The van der Waals surface area contributed by atoms with Crippen molar-refractivity contribution in [1.82, 2.24) is 0 Å². The van der Waals surface area contributed by atoms with Gasteiger partial charge >= 0.3 is 0 Å². The van der Waals surface area contributed by atoms with Gasteiger partial charge in [-0.05, 0) is 88.7 Å². The smallest absolute Gasteiger partial charge is 0.266 e. The number of aryl methyl sites for hydroxylation is 1. The lowest BCUT2D eigenvalue weighted by Crippen LogP contribution is -2.13. The van der Waals surface area contributed by atoms with Crippen LogP contribution in [0, 0.1) is 21.8 Å². The number of nitrogens with one attached hydrogen (secondary N) is 1. The maximum Gasteiger partial charge on any atom is 0.266 e. The van der Waals surface area contributed by atoms with Crippen molar-refractivity contribution in [2.45, 2.75) is 13.5 Å². The summed E-state index contributed by atoms with van der Waals surface area (Å²) in [4.78, 5) is 12.6. The number of anilines is 1. The first-order valence-electron chi connectivity index (χ1n) is 9.74. The lowest BCUT2D eigenvalue weighted by molar-refractivity contribution is -0.112. The normalized spacial score (nSPS) is 11.0. The van der Waals surface area contributed by atoms with Crippen molar-refractivity contribution >= 4 is 63.5 Å². The fraction of sp³-hybridized carbons (Fsp3) is 0.120. The number of nitriles is 1. The lowest BCUT2D eigenvalue weighted by atomic mass is 10.1. The monoisotopic (exact) mass is 592 g/mol. The van der Waals surface area contributed by atoms with Crippen LogP contribution < -0.4 is 14.8 Å². The summed E-state index contributed by atoms with van der Waals surface area (Å²) in [7, 11) is 1.50. The summed E-state index contributed by atoms with van der Waals surface area (Å²) in [5.41, 5.74) is 2.78. The van der Waals surface area contributed by atoms with E-state index in [1.807, 2.05) is 37.3 Å². The van der Waals surface area contributed by atoms with Crippen LogP contribution in [0.25, 0.3) is 6.08 Å². The Morgan fingerprint density at radius 1 is 1.12 bits per heavy atom. The molecule has 0 saturated carbocycles. The Kier molecular flexibility index (Phi) is 8.61. The van der Waals surface area contributed by atoms with Gasteiger partial charge in [-0.2, -0.15) is 5.26 Å². The zero-order valence-electron chi connectivity index (χ0n) is 17.8. The molecule has 0 aromatic heterocycles. The first kappa shape index (κ1) is 24.9. The van der Waals surface area contributed by atoms with Crippen molar-refractivity contribution in [3.8, 4) is 17.6 Å². The maximum atomic E-state index is 12.6. The molecule has 3 aromatic rings. The minimum atomic E-state index is -0.563. The molecule has 8 heteroatoms. The highest BCUT2D eigenvalue weighted by Crippen LogP contribution is 2.37. The molecule has 0 heterocycles. The van der Waals surface area contributed by atoms with E-state index in [4.69, 9.17) is 32.7 Å². The third kappa shape index (κ3) is 6.64. The van der Waals surface area contributed by atoms with Crippen LogP contribution in [-0.2, 0) is 11.4 Å². The Balaban J connectivity index is 1.81. The van der Waals surface area contributed by atoms with Gasteiger partial charge < -0.3 is 14.8 Å².